The van der Waals surface area contributed by atoms with E-state index in [9.17, 15) is 43.2 Å². The summed E-state index contributed by atoms with van der Waals surface area (Å²) in [5.41, 5.74) is 0. The maximum Gasteiger partial charge on any atom is 0.472 e. The van der Waals surface area contributed by atoms with E-state index in [1.54, 1.807) is 0 Å². The fourth-order valence-corrected chi connectivity index (χ4v) is 12.7. The molecule has 0 saturated heterocycles. The van der Waals surface area contributed by atoms with E-state index in [4.69, 9.17) is 37.0 Å². The van der Waals surface area contributed by atoms with Crippen LogP contribution in [0.2, 0.25) is 0 Å². The lowest BCUT2D eigenvalue weighted by molar-refractivity contribution is -0.161. The minimum absolute atomic E-state index is 0.105. The van der Waals surface area contributed by atoms with Crippen LogP contribution in [-0.4, -0.2) is 96.7 Å². The first-order valence-electron chi connectivity index (χ1n) is 38.2. The van der Waals surface area contributed by atoms with Gasteiger partial charge in [0.15, 0.2) is 12.2 Å². The van der Waals surface area contributed by atoms with Crippen LogP contribution in [0.25, 0.3) is 0 Å². The topological polar surface area (TPSA) is 237 Å². The Kier molecular flexibility index (Phi) is 62.2. The number of carbonyl (C=O) groups is 4. The molecule has 0 heterocycles. The van der Waals surface area contributed by atoms with Gasteiger partial charge in [0.05, 0.1) is 26.4 Å². The summed E-state index contributed by atoms with van der Waals surface area (Å²) in [6.45, 7) is 14.2. The highest BCUT2D eigenvalue weighted by Crippen LogP contribution is 2.45. The lowest BCUT2D eigenvalue weighted by Gasteiger charge is -2.21. The highest BCUT2D eigenvalue weighted by Gasteiger charge is 2.30. The van der Waals surface area contributed by atoms with E-state index in [0.717, 1.165) is 114 Å². The van der Waals surface area contributed by atoms with Crippen molar-refractivity contribution in [3.05, 3.63) is 0 Å². The summed E-state index contributed by atoms with van der Waals surface area (Å²) in [6.07, 6.45) is 47.2. The van der Waals surface area contributed by atoms with Crippen molar-refractivity contribution in [2.45, 2.75) is 388 Å². The molecule has 0 aromatic carbocycles. The molecule has 0 saturated carbocycles. The number of phosphoric acid groups is 2. The molecule has 17 nitrogen and oxygen atoms in total. The van der Waals surface area contributed by atoms with Gasteiger partial charge in [-0.1, -0.05) is 319 Å². The van der Waals surface area contributed by atoms with Crippen LogP contribution >= 0.6 is 15.6 Å². The third-order valence-electron chi connectivity index (χ3n) is 17.4. The van der Waals surface area contributed by atoms with Crippen molar-refractivity contribution in [3.63, 3.8) is 0 Å². The molecule has 0 aromatic heterocycles. The van der Waals surface area contributed by atoms with E-state index in [1.807, 2.05) is 0 Å². The van der Waals surface area contributed by atoms with Crippen molar-refractivity contribution in [2.24, 2.45) is 23.7 Å². The zero-order valence-electron chi connectivity index (χ0n) is 60.9. The lowest BCUT2D eigenvalue weighted by Crippen LogP contribution is -2.30. The third-order valence-corrected chi connectivity index (χ3v) is 19.3. The second kappa shape index (κ2) is 63.5. The van der Waals surface area contributed by atoms with Crippen molar-refractivity contribution in [1.82, 2.24) is 0 Å². The van der Waals surface area contributed by atoms with Crippen molar-refractivity contribution >= 4 is 39.5 Å². The Hall–Kier alpha value is -1.94. The monoisotopic (exact) mass is 1370 g/mol. The van der Waals surface area contributed by atoms with E-state index in [-0.39, 0.29) is 25.7 Å². The highest BCUT2D eigenvalue weighted by molar-refractivity contribution is 7.47. The van der Waals surface area contributed by atoms with Crippen LogP contribution in [-0.2, 0) is 65.4 Å². The van der Waals surface area contributed by atoms with E-state index in [0.29, 0.717) is 31.6 Å². The van der Waals surface area contributed by atoms with Gasteiger partial charge in [-0.05, 0) is 49.4 Å². The maximum atomic E-state index is 13.1. The number of phosphoric ester groups is 2. The SMILES string of the molecule is CCC(C)CCCCCCCCCCCCC(=O)O[C@H](COC(=O)CCCCCCCCC(C)C)COP(=O)(O)OC[C@H](O)COP(=O)(O)OC[C@@H](COC(=O)CCCCCCCCCCCCCCC(C)C)OC(=O)CCCCCCCCCCCCCCC(C)C. The van der Waals surface area contributed by atoms with Crippen LogP contribution in [0.5, 0.6) is 0 Å². The van der Waals surface area contributed by atoms with Gasteiger partial charge in [-0.2, -0.15) is 0 Å². The number of ether oxygens (including phenoxy) is 4. The molecule has 0 aromatic rings. The number of carbonyl (C=O) groups excluding carboxylic acids is 4. The smallest absolute Gasteiger partial charge is 0.462 e. The van der Waals surface area contributed by atoms with Gasteiger partial charge in [-0.25, -0.2) is 9.13 Å². The van der Waals surface area contributed by atoms with Crippen molar-refractivity contribution < 1.29 is 80.2 Å². The quantitative estimate of drug-likeness (QED) is 0.0222. The lowest BCUT2D eigenvalue weighted by atomic mass is 9.99. The largest absolute Gasteiger partial charge is 0.472 e. The molecule has 19 heteroatoms. The van der Waals surface area contributed by atoms with Crippen LogP contribution in [0.4, 0.5) is 0 Å². The molecular formula is C74H144O17P2. The summed E-state index contributed by atoms with van der Waals surface area (Å²) in [6, 6.07) is 0. The van der Waals surface area contributed by atoms with Crippen molar-refractivity contribution in [3.8, 4) is 0 Å². The number of esters is 4. The summed E-state index contributed by atoms with van der Waals surface area (Å²) in [7, 11) is -9.91. The molecule has 0 rings (SSSR count). The number of unbranched alkanes of at least 4 members (excludes halogenated alkanes) is 36. The van der Waals surface area contributed by atoms with Gasteiger partial charge in [0.2, 0.25) is 0 Å². The van der Waals surface area contributed by atoms with Crippen LogP contribution in [0.3, 0.4) is 0 Å². The zero-order valence-corrected chi connectivity index (χ0v) is 62.7. The molecule has 0 spiro atoms. The molecule has 93 heavy (non-hydrogen) atoms. The third kappa shape index (κ3) is 67.0. The number of aliphatic hydroxyl groups is 1. The molecule has 0 aliphatic heterocycles. The average Bonchev–Trinajstić information content (AvgIpc) is 1.76. The van der Waals surface area contributed by atoms with Crippen LogP contribution < -0.4 is 0 Å². The standard InChI is InChI=1S/C74H144O17P2/c1-9-67(8)53-45-37-28-22-18-19-25-31-41-49-57-74(79)91-70(61-85-72(77)55-47-39-33-32-36-44-52-66(6)7)63-89-93(82,83)87-59-68(75)58-86-92(80,81)88-62-69(90-73(78)56-48-40-30-24-17-13-11-15-21-27-35-43-51-65(4)5)60-84-71(76)54-46-38-29-23-16-12-10-14-20-26-34-42-50-64(2)3/h64-70,75H,9-63H2,1-8H3,(H,80,81)(H,82,83)/t67?,68-,69-,70-/m1/s1. The van der Waals surface area contributed by atoms with Gasteiger partial charge in [0, 0.05) is 25.7 Å². The molecule has 0 aliphatic carbocycles. The second-order valence-electron chi connectivity index (χ2n) is 28.4. The molecule has 3 N–H and O–H groups in total. The zero-order chi connectivity index (χ0) is 68.9. The van der Waals surface area contributed by atoms with Gasteiger partial charge in [-0.15, -0.1) is 0 Å². The summed E-state index contributed by atoms with van der Waals surface area (Å²) >= 11 is 0. The normalized spacial score (nSPS) is 14.5. The van der Waals surface area contributed by atoms with E-state index in [1.165, 1.54) is 167 Å². The fourth-order valence-electron chi connectivity index (χ4n) is 11.2. The molecule has 0 aliphatic rings. The van der Waals surface area contributed by atoms with Crippen LogP contribution in [0.15, 0.2) is 0 Å². The van der Waals surface area contributed by atoms with Gasteiger partial charge in [-0.3, -0.25) is 37.3 Å². The molecule has 3 unspecified atom stereocenters. The Bertz CT molecular complexity index is 1840. The Morgan fingerprint density at radius 1 is 0.301 bits per heavy atom. The molecule has 0 bridgehead atoms. The molecular weight excluding hydrogens is 1220 g/mol. The molecule has 0 amide bonds. The van der Waals surface area contributed by atoms with Crippen LogP contribution in [0.1, 0.15) is 370 Å². The van der Waals surface area contributed by atoms with Crippen molar-refractivity contribution in [1.29, 1.82) is 0 Å². The van der Waals surface area contributed by atoms with Gasteiger partial charge in [0.25, 0.3) is 0 Å². The first-order chi connectivity index (χ1) is 44.6. The fraction of sp³-hybridized carbons (Fsp3) is 0.946. The van der Waals surface area contributed by atoms with Gasteiger partial charge >= 0.3 is 39.5 Å². The predicted octanol–water partition coefficient (Wildman–Crippen LogP) is 21.3. The molecule has 0 radical (unpaired) electrons. The number of hydrogen-bond donors (Lipinski definition) is 3. The summed E-state index contributed by atoms with van der Waals surface area (Å²) in [4.78, 5) is 72.7. The first-order valence-corrected chi connectivity index (χ1v) is 41.2. The van der Waals surface area contributed by atoms with Gasteiger partial charge < -0.3 is 33.8 Å². The summed E-state index contributed by atoms with van der Waals surface area (Å²) < 4.78 is 68.4. The minimum Gasteiger partial charge on any atom is -0.462 e. The van der Waals surface area contributed by atoms with E-state index < -0.39 is 97.5 Å². The summed E-state index contributed by atoms with van der Waals surface area (Å²) in [5, 5.41) is 10.6. The minimum atomic E-state index is -4.96. The Morgan fingerprint density at radius 3 is 0.763 bits per heavy atom. The number of hydrogen-bond acceptors (Lipinski definition) is 15. The number of aliphatic hydroxyl groups excluding tert-OH is 1. The van der Waals surface area contributed by atoms with E-state index in [2.05, 4.69) is 55.4 Å². The predicted molar refractivity (Wildman–Crippen MR) is 377 cm³/mol. The highest BCUT2D eigenvalue weighted by atomic mass is 31.2. The molecule has 552 valence electrons. The Labute approximate surface area is 568 Å². The summed E-state index contributed by atoms with van der Waals surface area (Å²) in [5.74, 6) is 0.916. The molecule has 0 fully saturated rings. The van der Waals surface area contributed by atoms with Crippen molar-refractivity contribution in [2.75, 3.05) is 39.6 Å². The maximum absolute atomic E-state index is 13.1. The van der Waals surface area contributed by atoms with Gasteiger partial charge in [0.1, 0.15) is 19.3 Å². The van der Waals surface area contributed by atoms with E-state index >= 15 is 0 Å². The Balaban J connectivity index is 5.25. The molecule has 6 atom stereocenters. The second-order valence-corrected chi connectivity index (χ2v) is 31.3. The number of rotatable bonds is 71. The Morgan fingerprint density at radius 2 is 0.516 bits per heavy atom. The van der Waals surface area contributed by atoms with Crippen LogP contribution in [0, 0.1) is 23.7 Å². The first kappa shape index (κ1) is 91.1. The average molecular weight is 1370 g/mol.